The fraction of sp³-hybridized carbons (Fsp3) is 0.375. The molecule has 0 bridgehead atoms. The number of imide groups is 1. The molecular formula is C16H17N3O4. The zero-order valence-electron chi connectivity index (χ0n) is 12.6. The number of hydrogen-bond acceptors (Lipinski definition) is 4. The molecule has 2 aliphatic heterocycles. The Bertz CT molecular complexity index is 670. The van der Waals surface area contributed by atoms with Crippen LogP contribution in [0.5, 0.6) is 0 Å². The van der Waals surface area contributed by atoms with Gasteiger partial charge in [-0.15, -0.1) is 0 Å². The molecular weight excluding hydrogens is 298 g/mol. The van der Waals surface area contributed by atoms with Crippen LogP contribution < -0.4 is 10.2 Å². The van der Waals surface area contributed by atoms with Gasteiger partial charge in [0.1, 0.15) is 6.54 Å². The summed E-state index contributed by atoms with van der Waals surface area (Å²) < 4.78 is 0. The lowest BCUT2D eigenvalue weighted by molar-refractivity contribution is -0.141. The number of nitrogens with zero attached hydrogens (tertiary/aromatic N) is 2. The summed E-state index contributed by atoms with van der Waals surface area (Å²) in [6.45, 7) is 0.400. The fourth-order valence-electron chi connectivity index (χ4n) is 2.82. The summed E-state index contributed by atoms with van der Waals surface area (Å²) >= 11 is 0. The lowest BCUT2D eigenvalue weighted by Gasteiger charge is -2.17. The van der Waals surface area contributed by atoms with Gasteiger partial charge in [0.25, 0.3) is 0 Å². The predicted octanol–water partition coefficient (Wildman–Crippen LogP) is 0.901. The van der Waals surface area contributed by atoms with Gasteiger partial charge in [-0.25, -0.2) is 0 Å². The quantitative estimate of drug-likeness (QED) is 0.836. The van der Waals surface area contributed by atoms with Gasteiger partial charge < -0.3 is 10.2 Å². The highest BCUT2D eigenvalue weighted by atomic mass is 16.2. The molecule has 0 radical (unpaired) electrons. The third kappa shape index (κ3) is 3.23. The minimum Gasteiger partial charge on any atom is -0.324 e. The highest BCUT2D eigenvalue weighted by Crippen LogP contribution is 2.24. The molecule has 120 valence electrons. The summed E-state index contributed by atoms with van der Waals surface area (Å²) in [5.74, 6) is -0.997. The topological polar surface area (TPSA) is 86.8 Å². The van der Waals surface area contributed by atoms with Crippen molar-refractivity contribution in [3.05, 3.63) is 24.3 Å². The van der Waals surface area contributed by atoms with E-state index in [2.05, 4.69) is 5.32 Å². The van der Waals surface area contributed by atoms with Crippen molar-refractivity contribution >= 4 is 35.0 Å². The molecule has 7 nitrogen and oxygen atoms in total. The first-order chi connectivity index (χ1) is 11.0. The predicted molar refractivity (Wildman–Crippen MR) is 82.6 cm³/mol. The second kappa shape index (κ2) is 6.20. The number of anilines is 2. The van der Waals surface area contributed by atoms with Crippen LogP contribution >= 0.6 is 0 Å². The molecule has 0 atom stereocenters. The molecule has 2 heterocycles. The Hall–Kier alpha value is -2.70. The monoisotopic (exact) mass is 315 g/mol. The van der Waals surface area contributed by atoms with Crippen molar-refractivity contribution < 1.29 is 19.2 Å². The van der Waals surface area contributed by atoms with E-state index in [4.69, 9.17) is 0 Å². The maximum absolute atomic E-state index is 12.0. The van der Waals surface area contributed by atoms with Gasteiger partial charge in [0.05, 0.1) is 0 Å². The number of benzene rings is 1. The zero-order chi connectivity index (χ0) is 16.4. The summed E-state index contributed by atoms with van der Waals surface area (Å²) in [6.07, 6.45) is 1.70. The Balaban J connectivity index is 1.66. The van der Waals surface area contributed by atoms with Crippen LogP contribution in [0.1, 0.15) is 25.7 Å². The van der Waals surface area contributed by atoms with Gasteiger partial charge in [0.15, 0.2) is 0 Å². The van der Waals surface area contributed by atoms with Gasteiger partial charge in [-0.05, 0) is 24.6 Å². The molecule has 1 aromatic rings. The molecule has 2 saturated heterocycles. The highest BCUT2D eigenvalue weighted by Gasteiger charge is 2.30. The molecule has 2 aliphatic rings. The molecule has 0 saturated carbocycles. The molecule has 1 aromatic carbocycles. The Labute approximate surface area is 133 Å². The molecule has 0 aliphatic carbocycles. The molecule has 4 amide bonds. The number of carbonyl (C=O) groups excluding carboxylic acids is 4. The Morgan fingerprint density at radius 3 is 2.43 bits per heavy atom. The average Bonchev–Trinajstić information content (AvgIpc) is 3.08. The molecule has 3 rings (SSSR count). The molecule has 2 fully saturated rings. The van der Waals surface area contributed by atoms with Gasteiger partial charge in [0, 0.05) is 37.2 Å². The van der Waals surface area contributed by atoms with Gasteiger partial charge in [0.2, 0.25) is 23.6 Å². The third-order valence-electron chi connectivity index (χ3n) is 3.97. The number of likely N-dealkylation sites (tertiary alicyclic amines) is 1. The number of carbonyl (C=O) groups is 4. The molecule has 23 heavy (non-hydrogen) atoms. The Morgan fingerprint density at radius 2 is 1.78 bits per heavy atom. The van der Waals surface area contributed by atoms with Crippen molar-refractivity contribution in [2.24, 2.45) is 0 Å². The smallest absolute Gasteiger partial charge is 0.244 e. The van der Waals surface area contributed by atoms with Crippen molar-refractivity contribution in [1.82, 2.24) is 4.90 Å². The molecule has 0 spiro atoms. The van der Waals surface area contributed by atoms with E-state index in [1.165, 1.54) is 0 Å². The fourth-order valence-corrected chi connectivity index (χ4v) is 2.82. The summed E-state index contributed by atoms with van der Waals surface area (Å²) in [7, 11) is 0. The maximum Gasteiger partial charge on any atom is 0.244 e. The number of hydrogen-bond donors (Lipinski definition) is 1. The van der Waals surface area contributed by atoms with Crippen LogP contribution in [0.25, 0.3) is 0 Å². The van der Waals surface area contributed by atoms with Crippen molar-refractivity contribution in [3.8, 4) is 0 Å². The zero-order valence-corrected chi connectivity index (χ0v) is 12.6. The summed E-state index contributed by atoms with van der Waals surface area (Å²) in [5.41, 5.74) is 1.27. The van der Waals surface area contributed by atoms with Crippen LogP contribution in [-0.2, 0) is 19.2 Å². The summed E-state index contributed by atoms with van der Waals surface area (Å²) in [5, 5.41) is 2.67. The van der Waals surface area contributed by atoms with E-state index in [1.807, 2.05) is 6.07 Å². The first kappa shape index (κ1) is 15.2. The SMILES string of the molecule is O=C(CN1C(=O)CCC1=O)Nc1cccc(N2CCCC2=O)c1. The highest BCUT2D eigenvalue weighted by molar-refractivity contribution is 6.06. The van der Waals surface area contributed by atoms with Crippen molar-refractivity contribution in [1.29, 1.82) is 0 Å². The standard InChI is InChI=1S/C16H17N3O4/c20-13(10-19-15(22)6-7-16(19)23)17-11-3-1-4-12(9-11)18-8-2-5-14(18)21/h1,3-4,9H,2,5-8,10H2,(H,17,20). The maximum atomic E-state index is 12.0. The van der Waals surface area contributed by atoms with Crippen LogP contribution in [-0.4, -0.2) is 41.6 Å². The normalized spacial score (nSPS) is 18.0. The van der Waals surface area contributed by atoms with Crippen LogP contribution in [0.2, 0.25) is 0 Å². The van der Waals surface area contributed by atoms with E-state index < -0.39 is 5.91 Å². The van der Waals surface area contributed by atoms with Crippen molar-refractivity contribution in [2.75, 3.05) is 23.3 Å². The van der Waals surface area contributed by atoms with E-state index in [9.17, 15) is 19.2 Å². The second-order valence-corrected chi connectivity index (χ2v) is 5.62. The van der Waals surface area contributed by atoms with Gasteiger partial charge in [-0.3, -0.25) is 24.1 Å². The average molecular weight is 315 g/mol. The lowest BCUT2D eigenvalue weighted by atomic mass is 10.2. The molecule has 1 N–H and O–H groups in total. The van der Waals surface area contributed by atoms with E-state index in [-0.39, 0.29) is 37.1 Å². The minimum atomic E-state index is -0.432. The second-order valence-electron chi connectivity index (χ2n) is 5.62. The van der Waals surface area contributed by atoms with E-state index >= 15 is 0 Å². The van der Waals surface area contributed by atoms with Crippen molar-refractivity contribution in [2.45, 2.75) is 25.7 Å². The molecule has 0 aromatic heterocycles. The first-order valence-corrected chi connectivity index (χ1v) is 7.58. The minimum absolute atomic E-state index is 0.0711. The molecule has 7 heteroatoms. The van der Waals surface area contributed by atoms with E-state index in [0.29, 0.717) is 18.7 Å². The largest absolute Gasteiger partial charge is 0.324 e. The number of nitrogens with one attached hydrogen (secondary N) is 1. The van der Waals surface area contributed by atoms with E-state index in [0.717, 1.165) is 17.0 Å². The lowest BCUT2D eigenvalue weighted by Crippen LogP contribution is -2.36. The third-order valence-corrected chi connectivity index (χ3v) is 3.97. The Morgan fingerprint density at radius 1 is 1.04 bits per heavy atom. The first-order valence-electron chi connectivity index (χ1n) is 7.58. The van der Waals surface area contributed by atoms with Gasteiger partial charge >= 0.3 is 0 Å². The van der Waals surface area contributed by atoms with E-state index in [1.54, 1.807) is 23.1 Å². The van der Waals surface area contributed by atoms with Crippen molar-refractivity contribution in [3.63, 3.8) is 0 Å². The summed E-state index contributed by atoms with van der Waals surface area (Å²) in [4.78, 5) is 49.5. The van der Waals surface area contributed by atoms with Gasteiger partial charge in [-0.1, -0.05) is 6.07 Å². The van der Waals surface area contributed by atoms with Crippen LogP contribution in [0.15, 0.2) is 24.3 Å². The van der Waals surface area contributed by atoms with Crippen LogP contribution in [0.3, 0.4) is 0 Å². The summed E-state index contributed by atoms with van der Waals surface area (Å²) in [6, 6.07) is 6.99. The number of rotatable bonds is 4. The van der Waals surface area contributed by atoms with Crippen LogP contribution in [0.4, 0.5) is 11.4 Å². The number of amides is 4. The molecule has 0 unspecified atom stereocenters. The van der Waals surface area contributed by atoms with Gasteiger partial charge in [-0.2, -0.15) is 0 Å². The Kier molecular flexibility index (Phi) is 4.10. The van der Waals surface area contributed by atoms with Crippen LogP contribution in [0, 0.1) is 0 Å².